The molecule has 0 bridgehead atoms. The first-order chi connectivity index (χ1) is 13.0. The lowest BCUT2D eigenvalue weighted by molar-refractivity contribution is -0.121. The molecule has 0 saturated carbocycles. The van der Waals surface area contributed by atoms with Crippen LogP contribution in [-0.4, -0.2) is 17.0 Å². The van der Waals surface area contributed by atoms with Crippen LogP contribution in [0.4, 0.5) is 0 Å². The normalized spacial score (nSPS) is 12.5. The van der Waals surface area contributed by atoms with Gasteiger partial charge in [0.1, 0.15) is 0 Å². The Bertz CT molecular complexity index is 906. The summed E-state index contributed by atoms with van der Waals surface area (Å²) in [5.41, 5.74) is 4.84. The van der Waals surface area contributed by atoms with Crippen molar-refractivity contribution in [1.29, 1.82) is 0 Å². The van der Waals surface area contributed by atoms with Gasteiger partial charge in [-0.2, -0.15) is 0 Å². The number of fused-ring (bicyclic) bond motifs is 1. The summed E-state index contributed by atoms with van der Waals surface area (Å²) in [5.74, 6) is 0.765. The minimum Gasteiger partial charge on any atom is -0.356 e. The SMILES string of the molecule is Cc1ccc(C(CC(=O)NCCC(C)C)c2cn(C)c3ccccc23)cc1. The number of carbonyl (C=O) groups excluding carboxylic acids is 1. The van der Waals surface area contributed by atoms with E-state index in [4.69, 9.17) is 0 Å². The Morgan fingerprint density at radius 1 is 1.07 bits per heavy atom. The van der Waals surface area contributed by atoms with E-state index in [1.807, 2.05) is 0 Å². The highest BCUT2D eigenvalue weighted by molar-refractivity contribution is 5.86. The molecular formula is C24H30N2O. The fourth-order valence-corrected chi connectivity index (χ4v) is 3.61. The van der Waals surface area contributed by atoms with E-state index >= 15 is 0 Å². The molecule has 1 atom stereocenters. The number of benzene rings is 2. The van der Waals surface area contributed by atoms with Gasteiger partial charge in [0.25, 0.3) is 0 Å². The minimum absolute atomic E-state index is 0.0516. The lowest BCUT2D eigenvalue weighted by atomic mass is 9.87. The summed E-state index contributed by atoms with van der Waals surface area (Å²) in [4.78, 5) is 12.7. The Hall–Kier alpha value is -2.55. The number of hydrogen-bond acceptors (Lipinski definition) is 1. The third-order valence-corrected chi connectivity index (χ3v) is 5.22. The molecule has 0 aliphatic heterocycles. The number of aromatic nitrogens is 1. The average Bonchev–Trinajstić information content (AvgIpc) is 2.97. The zero-order chi connectivity index (χ0) is 19.4. The Morgan fingerprint density at radius 2 is 1.78 bits per heavy atom. The number of aryl methyl sites for hydroxylation is 2. The summed E-state index contributed by atoms with van der Waals surface area (Å²) in [6.07, 6.45) is 3.65. The van der Waals surface area contributed by atoms with Crippen molar-refractivity contribution in [2.24, 2.45) is 13.0 Å². The molecule has 0 spiro atoms. The van der Waals surface area contributed by atoms with Crippen molar-refractivity contribution >= 4 is 16.8 Å². The average molecular weight is 363 g/mol. The van der Waals surface area contributed by atoms with Crippen molar-refractivity contribution in [2.75, 3.05) is 6.54 Å². The molecule has 0 saturated heterocycles. The van der Waals surface area contributed by atoms with Crippen LogP contribution in [0, 0.1) is 12.8 Å². The molecule has 3 heteroatoms. The van der Waals surface area contributed by atoms with Crippen molar-refractivity contribution < 1.29 is 4.79 Å². The second-order valence-electron chi connectivity index (χ2n) is 7.91. The molecular weight excluding hydrogens is 332 g/mol. The van der Waals surface area contributed by atoms with Gasteiger partial charge in [-0.25, -0.2) is 0 Å². The molecule has 142 valence electrons. The zero-order valence-corrected chi connectivity index (χ0v) is 16.8. The van der Waals surface area contributed by atoms with Crippen molar-refractivity contribution in [3.8, 4) is 0 Å². The van der Waals surface area contributed by atoms with Crippen LogP contribution in [0.25, 0.3) is 10.9 Å². The maximum absolute atomic E-state index is 12.7. The van der Waals surface area contributed by atoms with E-state index in [0.717, 1.165) is 13.0 Å². The van der Waals surface area contributed by atoms with Crippen molar-refractivity contribution in [1.82, 2.24) is 9.88 Å². The van der Waals surface area contributed by atoms with Gasteiger partial charge >= 0.3 is 0 Å². The van der Waals surface area contributed by atoms with Gasteiger partial charge in [0, 0.05) is 43.0 Å². The Kier molecular flexibility index (Phi) is 6.00. The number of nitrogens with one attached hydrogen (secondary N) is 1. The smallest absolute Gasteiger partial charge is 0.220 e. The van der Waals surface area contributed by atoms with E-state index in [0.29, 0.717) is 12.3 Å². The molecule has 0 aliphatic carbocycles. The van der Waals surface area contributed by atoms with Crippen LogP contribution in [0.1, 0.15) is 49.3 Å². The first-order valence-corrected chi connectivity index (χ1v) is 9.83. The molecule has 1 heterocycles. The molecule has 1 amide bonds. The lowest BCUT2D eigenvalue weighted by Crippen LogP contribution is -2.27. The molecule has 0 radical (unpaired) electrons. The second kappa shape index (κ2) is 8.43. The summed E-state index contributed by atoms with van der Waals surface area (Å²) >= 11 is 0. The number of carbonyl (C=O) groups is 1. The highest BCUT2D eigenvalue weighted by Gasteiger charge is 2.22. The van der Waals surface area contributed by atoms with E-state index in [1.165, 1.54) is 27.6 Å². The van der Waals surface area contributed by atoms with Gasteiger partial charge in [0.15, 0.2) is 0 Å². The molecule has 3 aromatic rings. The quantitative estimate of drug-likeness (QED) is 0.618. The predicted octanol–water partition coefficient (Wildman–Crippen LogP) is 5.17. The van der Waals surface area contributed by atoms with E-state index in [-0.39, 0.29) is 11.8 Å². The van der Waals surface area contributed by atoms with Crippen LogP contribution >= 0.6 is 0 Å². The third kappa shape index (κ3) is 4.60. The van der Waals surface area contributed by atoms with E-state index in [9.17, 15) is 4.79 Å². The standard InChI is InChI=1S/C24H30N2O/c1-17(2)13-14-25-24(27)15-21(19-11-9-18(3)10-12-19)22-16-26(4)23-8-6-5-7-20(22)23/h5-12,16-17,21H,13-15H2,1-4H3,(H,25,27). The van der Waals surface area contributed by atoms with Crippen LogP contribution in [0.5, 0.6) is 0 Å². The first kappa shape index (κ1) is 19.2. The van der Waals surface area contributed by atoms with Gasteiger partial charge in [0.2, 0.25) is 5.91 Å². The minimum atomic E-state index is 0.0516. The van der Waals surface area contributed by atoms with Crippen LogP contribution < -0.4 is 5.32 Å². The molecule has 0 aliphatic rings. The Morgan fingerprint density at radius 3 is 2.48 bits per heavy atom. The largest absolute Gasteiger partial charge is 0.356 e. The summed E-state index contributed by atoms with van der Waals surface area (Å²) in [6.45, 7) is 7.19. The summed E-state index contributed by atoms with van der Waals surface area (Å²) < 4.78 is 2.16. The Labute approximate surface area is 162 Å². The monoisotopic (exact) mass is 362 g/mol. The van der Waals surface area contributed by atoms with E-state index in [2.05, 4.69) is 92.4 Å². The molecule has 3 nitrogen and oxygen atoms in total. The van der Waals surface area contributed by atoms with Crippen LogP contribution in [0.3, 0.4) is 0 Å². The third-order valence-electron chi connectivity index (χ3n) is 5.22. The molecule has 27 heavy (non-hydrogen) atoms. The molecule has 1 N–H and O–H groups in total. The van der Waals surface area contributed by atoms with Gasteiger partial charge < -0.3 is 9.88 Å². The highest BCUT2D eigenvalue weighted by Crippen LogP contribution is 2.34. The fourth-order valence-electron chi connectivity index (χ4n) is 3.61. The predicted molar refractivity (Wildman–Crippen MR) is 113 cm³/mol. The van der Waals surface area contributed by atoms with Gasteiger partial charge in [0.05, 0.1) is 0 Å². The number of rotatable bonds is 7. The van der Waals surface area contributed by atoms with Crippen molar-refractivity contribution in [2.45, 2.75) is 39.5 Å². The number of para-hydroxylation sites is 1. The van der Waals surface area contributed by atoms with E-state index in [1.54, 1.807) is 0 Å². The van der Waals surface area contributed by atoms with Crippen LogP contribution in [0.15, 0.2) is 54.7 Å². The maximum atomic E-state index is 12.7. The summed E-state index contributed by atoms with van der Waals surface area (Å²) in [6, 6.07) is 17.0. The second-order valence-corrected chi connectivity index (χ2v) is 7.91. The summed E-state index contributed by atoms with van der Waals surface area (Å²) in [5, 5.41) is 4.33. The van der Waals surface area contributed by atoms with Gasteiger partial charge in [-0.1, -0.05) is 61.9 Å². The topological polar surface area (TPSA) is 34.0 Å². The van der Waals surface area contributed by atoms with Gasteiger partial charge in [-0.3, -0.25) is 4.79 Å². The van der Waals surface area contributed by atoms with E-state index < -0.39 is 0 Å². The molecule has 1 unspecified atom stereocenters. The number of hydrogen-bond donors (Lipinski definition) is 1. The van der Waals surface area contributed by atoms with Crippen molar-refractivity contribution in [3.05, 3.63) is 71.4 Å². The summed E-state index contributed by atoms with van der Waals surface area (Å²) in [7, 11) is 2.07. The highest BCUT2D eigenvalue weighted by atomic mass is 16.1. The lowest BCUT2D eigenvalue weighted by Gasteiger charge is -2.18. The zero-order valence-electron chi connectivity index (χ0n) is 16.8. The Balaban J connectivity index is 1.92. The number of nitrogens with zero attached hydrogens (tertiary/aromatic N) is 1. The number of amides is 1. The fraction of sp³-hybridized carbons (Fsp3) is 0.375. The van der Waals surface area contributed by atoms with Crippen LogP contribution in [-0.2, 0) is 11.8 Å². The maximum Gasteiger partial charge on any atom is 0.220 e. The van der Waals surface area contributed by atoms with Crippen molar-refractivity contribution in [3.63, 3.8) is 0 Å². The molecule has 3 rings (SSSR count). The van der Waals surface area contributed by atoms with Crippen LogP contribution in [0.2, 0.25) is 0 Å². The molecule has 1 aromatic heterocycles. The molecule has 0 fully saturated rings. The molecule has 2 aromatic carbocycles. The van der Waals surface area contributed by atoms with Gasteiger partial charge in [-0.05, 0) is 36.5 Å². The first-order valence-electron chi connectivity index (χ1n) is 9.83. The van der Waals surface area contributed by atoms with Gasteiger partial charge in [-0.15, -0.1) is 0 Å².